The average molecular weight is 400 g/mol. The van der Waals surface area contributed by atoms with Crippen LogP contribution in [-0.4, -0.2) is 20.1 Å². The number of sulfonamides is 1. The number of rotatable bonds is 7. The molecule has 0 aromatic carbocycles. The fourth-order valence-electron chi connectivity index (χ4n) is 3.42. The molecule has 1 aliphatic rings. The Bertz CT molecular complexity index is 814. The van der Waals surface area contributed by atoms with E-state index in [0.29, 0.717) is 10.8 Å². The highest BCUT2D eigenvalue weighted by Gasteiger charge is 2.38. The van der Waals surface area contributed by atoms with Gasteiger partial charge in [0.15, 0.2) is 0 Å². The van der Waals surface area contributed by atoms with Gasteiger partial charge in [-0.05, 0) is 50.5 Å². The minimum Gasteiger partial charge on any atom is -0.388 e. The van der Waals surface area contributed by atoms with Crippen molar-refractivity contribution in [3.8, 4) is 0 Å². The molecule has 1 atom stereocenters. The Labute approximate surface area is 158 Å². The molecule has 2 aromatic heterocycles. The molecule has 2 aromatic rings. The number of aryl methyl sites for hydroxylation is 1. The third-order valence-corrected chi connectivity index (χ3v) is 9.60. The molecule has 0 saturated heterocycles. The first-order valence-electron chi connectivity index (χ1n) is 8.73. The van der Waals surface area contributed by atoms with E-state index in [0.717, 1.165) is 41.9 Å². The maximum absolute atomic E-state index is 12.7. The molecule has 2 N–H and O–H groups in total. The summed E-state index contributed by atoms with van der Waals surface area (Å²) in [4.78, 5) is 3.20. The predicted molar refractivity (Wildman–Crippen MR) is 104 cm³/mol. The van der Waals surface area contributed by atoms with E-state index < -0.39 is 16.1 Å². The fourth-order valence-corrected chi connectivity index (χ4v) is 7.08. The van der Waals surface area contributed by atoms with Gasteiger partial charge in [0.25, 0.3) is 0 Å². The van der Waals surface area contributed by atoms with Crippen molar-refractivity contribution in [2.75, 3.05) is 6.54 Å². The van der Waals surface area contributed by atoms with E-state index in [1.165, 1.54) is 16.2 Å². The number of aliphatic hydroxyl groups excluding tert-OH is 1. The molecular weight excluding hydrogens is 374 g/mol. The smallest absolute Gasteiger partial charge is 0.250 e. The molecule has 0 spiro atoms. The van der Waals surface area contributed by atoms with Gasteiger partial charge in [0.1, 0.15) is 4.21 Å². The summed E-state index contributed by atoms with van der Waals surface area (Å²) in [6.45, 7) is 4.22. The maximum atomic E-state index is 12.7. The molecule has 138 valence electrons. The van der Waals surface area contributed by atoms with E-state index in [1.807, 2.05) is 19.1 Å². The Hall–Kier alpha value is -0.730. The third-order valence-electron chi connectivity index (χ3n) is 4.97. The molecule has 4 nitrogen and oxygen atoms in total. The first-order chi connectivity index (χ1) is 11.9. The van der Waals surface area contributed by atoms with Crippen molar-refractivity contribution in [2.45, 2.75) is 61.7 Å². The van der Waals surface area contributed by atoms with Crippen molar-refractivity contribution in [2.24, 2.45) is 0 Å². The van der Waals surface area contributed by atoms with Crippen LogP contribution in [-0.2, 0) is 21.9 Å². The summed E-state index contributed by atoms with van der Waals surface area (Å²) in [7, 11) is -3.47. The van der Waals surface area contributed by atoms with Crippen molar-refractivity contribution in [1.82, 2.24) is 4.72 Å². The molecule has 0 aliphatic heterocycles. The zero-order valence-electron chi connectivity index (χ0n) is 14.6. The van der Waals surface area contributed by atoms with Crippen LogP contribution in [0.15, 0.2) is 28.5 Å². The molecule has 0 bridgehead atoms. The van der Waals surface area contributed by atoms with E-state index in [1.54, 1.807) is 24.3 Å². The fraction of sp³-hybridized carbons (Fsp3) is 0.556. The zero-order chi connectivity index (χ0) is 18.1. The standard InChI is InChI=1S/C18H25NO3S3/c1-3-14-6-9-17(23-14)25(21,22)19-12-18(10-4-5-11-18)16-8-7-15(24-16)13(2)20/h6-9,13,19-20H,3-5,10-12H2,1-2H3. The van der Waals surface area contributed by atoms with Gasteiger partial charge in [0, 0.05) is 26.6 Å². The number of hydrogen-bond donors (Lipinski definition) is 2. The van der Waals surface area contributed by atoms with Gasteiger partial charge in [-0.25, -0.2) is 13.1 Å². The molecule has 1 saturated carbocycles. The monoisotopic (exact) mass is 399 g/mol. The van der Waals surface area contributed by atoms with Gasteiger partial charge >= 0.3 is 0 Å². The van der Waals surface area contributed by atoms with E-state index in [-0.39, 0.29) is 5.41 Å². The van der Waals surface area contributed by atoms with Crippen molar-refractivity contribution < 1.29 is 13.5 Å². The summed E-state index contributed by atoms with van der Waals surface area (Å²) >= 11 is 2.95. The molecule has 1 fully saturated rings. The topological polar surface area (TPSA) is 66.4 Å². The van der Waals surface area contributed by atoms with Crippen LogP contribution in [0.4, 0.5) is 0 Å². The normalized spacial score (nSPS) is 18.5. The number of hydrogen-bond acceptors (Lipinski definition) is 5. The van der Waals surface area contributed by atoms with Crippen LogP contribution < -0.4 is 4.72 Å². The molecule has 2 heterocycles. The van der Waals surface area contributed by atoms with Gasteiger partial charge in [-0.1, -0.05) is 19.8 Å². The van der Waals surface area contributed by atoms with E-state index >= 15 is 0 Å². The minimum atomic E-state index is -3.47. The summed E-state index contributed by atoms with van der Waals surface area (Å²) in [6.07, 6.45) is 4.57. The van der Waals surface area contributed by atoms with Crippen LogP contribution in [0.1, 0.15) is 60.3 Å². The number of aliphatic hydroxyl groups is 1. The molecule has 0 radical (unpaired) electrons. The van der Waals surface area contributed by atoms with Crippen molar-refractivity contribution in [3.63, 3.8) is 0 Å². The SMILES string of the molecule is CCc1ccc(S(=O)(=O)NCC2(c3ccc(C(C)O)s3)CCCC2)s1. The average Bonchev–Trinajstić information content (AvgIpc) is 3.32. The van der Waals surface area contributed by atoms with Crippen molar-refractivity contribution in [3.05, 3.63) is 38.9 Å². The Morgan fingerprint density at radius 1 is 1.20 bits per heavy atom. The summed E-state index contributed by atoms with van der Waals surface area (Å²) in [5, 5.41) is 9.80. The Balaban J connectivity index is 1.80. The molecule has 1 unspecified atom stereocenters. The molecule has 0 amide bonds. The van der Waals surface area contributed by atoms with Crippen molar-refractivity contribution >= 4 is 32.7 Å². The predicted octanol–water partition coefficient (Wildman–Crippen LogP) is 4.22. The maximum Gasteiger partial charge on any atom is 0.250 e. The highest BCUT2D eigenvalue weighted by Crippen LogP contribution is 2.44. The van der Waals surface area contributed by atoms with Crippen LogP contribution in [0.3, 0.4) is 0 Å². The summed E-state index contributed by atoms with van der Waals surface area (Å²) in [5.41, 5.74) is -0.143. The molecular formula is C18H25NO3S3. The van der Waals surface area contributed by atoms with E-state index in [4.69, 9.17) is 0 Å². The lowest BCUT2D eigenvalue weighted by Crippen LogP contribution is -2.38. The first-order valence-corrected chi connectivity index (χ1v) is 11.8. The highest BCUT2D eigenvalue weighted by molar-refractivity contribution is 7.91. The number of thiophene rings is 2. The Morgan fingerprint density at radius 2 is 1.92 bits per heavy atom. The second kappa shape index (κ2) is 7.48. The molecule has 1 aliphatic carbocycles. The Kier molecular flexibility index (Phi) is 5.70. The zero-order valence-corrected chi connectivity index (χ0v) is 17.1. The second-order valence-electron chi connectivity index (χ2n) is 6.76. The Morgan fingerprint density at radius 3 is 2.48 bits per heavy atom. The van der Waals surface area contributed by atoms with Gasteiger partial charge in [0.05, 0.1) is 6.10 Å². The summed E-state index contributed by atoms with van der Waals surface area (Å²) in [6, 6.07) is 7.61. The number of nitrogens with one attached hydrogen (secondary N) is 1. The highest BCUT2D eigenvalue weighted by atomic mass is 32.2. The molecule has 3 rings (SSSR count). The van der Waals surface area contributed by atoms with Crippen LogP contribution >= 0.6 is 22.7 Å². The summed E-state index contributed by atoms with van der Waals surface area (Å²) in [5.74, 6) is 0. The van der Waals surface area contributed by atoms with Crippen LogP contribution in [0.25, 0.3) is 0 Å². The minimum absolute atomic E-state index is 0.143. The van der Waals surface area contributed by atoms with Crippen LogP contribution in [0.2, 0.25) is 0 Å². The molecule has 7 heteroatoms. The van der Waals surface area contributed by atoms with Gasteiger partial charge in [-0.15, -0.1) is 22.7 Å². The van der Waals surface area contributed by atoms with Crippen molar-refractivity contribution in [1.29, 1.82) is 0 Å². The quantitative estimate of drug-likeness (QED) is 0.733. The van der Waals surface area contributed by atoms with Gasteiger partial charge in [0.2, 0.25) is 10.0 Å². The lowest BCUT2D eigenvalue weighted by molar-refractivity contribution is 0.203. The second-order valence-corrected chi connectivity index (χ2v) is 11.0. The van der Waals surface area contributed by atoms with Crippen LogP contribution in [0, 0.1) is 0 Å². The lowest BCUT2D eigenvalue weighted by atomic mass is 9.85. The largest absolute Gasteiger partial charge is 0.388 e. The van der Waals surface area contributed by atoms with E-state index in [9.17, 15) is 13.5 Å². The van der Waals surface area contributed by atoms with Gasteiger partial charge < -0.3 is 5.11 Å². The first kappa shape index (κ1) is 19.0. The lowest BCUT2D eigenvalue weighted by Gasteiger charge is -2.28. The molecule has 25 heavy (non-hydrogen) atoms. The van der Waals surface area contributed by atoms with E-state index in [2.05, 4.69) is 10.8 Å². The summed E-state index contributed by atoms with van der Waals surface area (Å²) < 4.78 is 28.6. The van der Waals surface area contributed by atoms with Gasteiger partial charge in [-0.3, -0.25) is 0 Å². The van der Waals surface area contributed by atoms with Gasteiger partial charge in [-0.2, -0.15) is 0 Å². The van der Waals surface area contributed by atoms with Crippen LogP contribution in [0.5, 0.6) is 0 Å². The third kappa shape index (κ3) is 4.01.